The molecule has 3 N–H and O–H groups in total. The Morgan fingerprint density at radius 3 is 2.64 bits per heavy atom. The van der Waals surface area contributed by atoms with E-state index in [1.165, 1.54) is 32.1 Å². The lowest BCUT2D eigenvalue weighted by Crippen LogP contribution is -2.20. The van der Waals surface area contributed by atoms with Crippen LogP contribution in [0.5, 0.6) is 0 Å². The summed E-state index contributed by atoms with van der Waals surface area (Å²) in [5.41, 5.74) is 5.67. The molecule has 80 valence electrons. The van der Waals surface area contributed by atoms with E-state index in [9.17, 15) is 0 Å². The van der Waals surface area contributed by atoms with E-state index in [0.29, 0.717) is 5.84 Å². The molecule has 0 aromatic heterocycles. The van der Waals surface area contributed by atoms with Gasteiger partial charge in [-0.3, -0.25) is 5.41 Å². The van der Waals surface area contributed by atoms with Crippen LogP contribution in [0.2, 0.25) is 0 Å². The number of ether oxygens (including phenoxy) is 1. The average Bonchev–Trinajstić information content (AvgIpc) is 2.93. The van der Waals surface area contributed by atoms with Crippen molar-refractivity contribution in [1.82, 2.24) is 0 Å². The summed E-state index contributed by atoms with van der Waals surface area (Å²) >= 11 is 0. The smallest absolute Gasteiger partial charge is 0.0911 e. The first-order valence-electron chi connectivity index (χ1n) is 5.61. The maximum atomic E-state index is 7.27. The highest BCUT2D eigenvalue weighted by atomic mass is 16.5. The summed E-state index contributed by atoms with van der Waals surface area (Å²) in [6, 6.07) is 0. The van der Waals surface area contributed by atoms with Gasteiger partial charge in [0.2, 0.25) is 0 Å². The largest absolute Gasteiger partial charge is 0.388 e. The molecule has 0 aromatic rings. The summed E-state index contributed by atoms with van der Waals surface area (Å²) in [5, 5.41) is 7.27. The van der Waals surface area contributed by atoms with Crippen molar-refractivity contribution in [3.63, 3.8) is 0 Å². The summed E-state index contributed by atoms with van der Waals surface area (Å²) in [6.07, 6.45) is 7.16. The molecule has 2 aliphatic carbocycles. The SMILES string of the molecule is N=C(N)CC1(COCCC2CC2)CC1. The van der Waals surface area contributed by atoms with Crippen molar-refractivity contribution in [3.05, 3.63) is 0 Å². The van der Waals surface area contributed by atoms with E-state index in [4.69, 9.17) is 15.9 Å². The maximum absolute atomic E-state index is 7.27. The highest BCUT2D eigenvalue weighted by molar-refractivity contribution is 5.78. The molecule has 0 heterocycles. The van der Waals surface area contributed by atoms with Crippen LogP contribution in [0.3, 0.4) is 0 Å². The van der Waals surface area contributed by atoms with Crippen molar-refractivity contribution in [2.45, 2.75) is 38.5 Å². The minimum Gasteiger partial charge on any atom is -0.388 e. The topological polar surface area (TPSA) is 59.1 Å². The van der Waals surface area contributed by atoms with E-state index in [1.807, 2.05) is 0 Å². The minimum absolute atomic E-state index is 0.259. The molecule has 14 heavy (non-hydrogen) atoms. The van der Waals surface area contributed by atoms with Crippen LogP contribution in [0, 0.1) is 16.7 Å². The molecule has 0 aromatic carbocycles. The molecule has 3 nitrogen and oxygen atoms in total. The van der Waals surface area contributed by atoms with Crippen LogP contribution in [0.4, 0.5) is 0 Å². The number of nitrogens with two attached hydrogens (primary N) is 1. The van der Waals surface area contributed by atoms with Gasteiger partial charge in [0.05, 0.1) is 12.4 Å². The van der Waals surface area contributed by atoms with E-state index in [-0.39, 0.29) is 5.41 Å². The van der Waals surface area contributed by atoms with Crippen LogP contribution in [0.1, 0.15) is 38.5 Å². The Morgan fingerprint density at radius 1 is 1.43 bits per heavy atom. The van der Waals surface area contributed by atoms with Gasteiger partial charge in [-0.25, -0.2) is 0 Å². The number of amidine groups is 1. The van der Waals surface area contributed by atoms with Gasteiger partial charge in [0.25, 0.3) is 0 Å². The normalized spacial score (nSPS) is 23.4. The molecule has 0 saturated heterocycles. The van der Waals surface area contributed by atoms with Gasteiger partial charge in [0, 0.05) is 18.4 Å². The quantitative estimate of drug-likeness (QED) is 0.371. The van der Waals surface area contributed by atoms with Gasteiger partial charge < -0.3 is 10.5 Å². The molecule has 0 radical (unpaired) electrons. The van der Waals surface area contributed by atoms with E-state index in [1.54, 1.807) is 0 Å². The van der Waals surface area contributed by atoms with Crippen LogP contribution in [-0.4, -0.2) is 19.0 Å². The van der Waals surface area contributed by atoms with Crippen molar-refractivity contribution in [1.29, 1.82) is 5.41 Å². The Labute approximate surface area is 85.5 Å². The lowest BCUT2D eigenvalue weighted by Gasteiger charge is -2.14. The zero-order chi connectivity index (χ0) is 10.0. The summed E-state index contributed by atoms with van der Waals surface area (Å²) in [4.78, 5) is 0. The molecule has 0 atom stereocenters. The number of hydrogen-bond donors (Lipinski definition) is 2. The zero-order valence-corrected chi connectivity index (χ0v) is 8.72. The number of rotatable bonds is 7. The van der Waals surface area contributed by atoms with E-state index >= 15 is 0 Å². The lowest BCUT2D eigenvalue weighted by molar-refractivity contribution is 0.0879. The van der Waals surface area contributed by atoms with Crippen molar-refractivity contribution in [3.8, 4) is 0 Å². The fourth-order valence-corrected chi connectivity index (χ4v) is 1.90. The molecule has 2 rings (SSSR count). The van der Waals surface area contributed by atoms with E-state index in [2.05, 4.69) is 0 Å². The summed E-state index contributed by atoms with van der Waals surface area (Å²) in [7, 11) is 0. The standard InChI is InChI=1S/C11H20N2O/c12-10(13)7-11(4-5-11)8-14-6-3-9-1-2-9/h9H,1-8H2,(H3,12,13). The lowest BCUT2D eigenvalue weighted by atomic mass is 10.0. The first-order valence-corrected chi connectivity index (χ1v) is 5.61. The Hall–Kier alpha value is -0.570. The van der Waals surface area contributed by atoms with Crippen molar-refractivity contribution < 1.29 is 4.74 Å². The first-order chi connectivity index (χ1) is 6.70. The molecule has 2 saturated carbocycles. The van der Waals surface area contributed by atoms with Gasteiger partial charge in [0.1, 0.15) is 0 Å². The predicted octanol–water partition coefficient (Wildman–Crippen LogP) is 1.91. The maximum Gasteiger partial charge on any atom is 0.0911 e. The number of hydrogen-bond acceptors (Lipinski definition) is 2. The van der Waals surface area contributed by atoms with Crippen LogP contribution in [-0.2, 0) is 4.74 Å². The van der Waals surface area contributed by atoms with Gasteiger partial charge in [-0.1, -0.05) is 12.8 Å². The molecule has 0 aliphatic heterocycles. The molecule has 0 amide bonds. The second-order valence-corrected chi connectivity index (χ2v) is 4.99. The zero-order valence-electron chi connectivity index (χ0n) is 8.72. The third kappa shape index (κ3) is 2.98. The van der Waals surface area contributed by atoms with Crippen molar-refractivity contribution >= 4 is 5.84 Å². The van der Waals surface area contributed by atoms with Crippen LogP contribution < -0.4 is 5.73 Å². The average molecular weight is 196 g/mol. The van der Waals surface area contributed by atoms with Gasteiger partial charge in [-0.05, 0) is 25.2 Å². The van der Waals surface area contributed by atoms with Crippen LogP contribution in [0.25, 0.3) is 0 Å². The molecule has 0 unspecified atom stereocenters. The molecular formula is C11H20N2O. The van der Waals surface area contributed by atoms with Crippen LogP contribution in [0.15, 0.2) is 0 Å². The van der Waals surface area contributed by atoms with Gasteiger partial charge in [-0.15, -0.1) is 0 Å². The Morgan fingerprint density at radius 2 is 2.14 bits per heavy atom. The summed E-state index contributed by atoms with van der Waals surface area (Å²) < 4.78 is 5.66. The molecule has 0 bridgehead atoms. The highest BCUT2D eigenvalue weighted by Gasteiger charge is 2.43. The Balaban J connectivity index is 1.56. The second kappa shape index (κ2) is 3.89. The van der Waals surface area contributed by atoms with E-state index in [0.717, 1.165) is 25.6 Å². The Kier molecular flexibility index (Phi) is 2.77. The third-order valence-electron chi connectivity index (χ3n) is 3.30. The molecule has 0 spiro atoms. The molecule has 3 heteroatoms. The first kappa shape index (κ1) is 9.97. The van der Waals surface area contributed by atoms with Crippen LogP contribution >= 0.6 is 0 Å². The third-order valence-corrected chi connectivity index (χ3v) is 3.30. The highest BCUT2D eigenvalue weighted by Crippen LogP contribution is 2.48. The fraction of sp³-hybridized carbons (Fsp3) is 0.909. The number of nitrogens with one attached hydrogen (secondary N) is 1. The Bertz CT molecular complexity index is 219. The monoisotopic (exact) mass is 196 g/mol. The van der Waals surface area contributed by atoms with E-state index < -0.39 is 0 Å². The summed E-state index contributed by atoms with van der Waals surface area (Å²) in [5.74, 6) is 1.27. The van der Waals surface area contributed by atoms with Gasteiger partial charge in [-0.2, -0.15) is 0 Å². The van der Waals surface area contributed by atoms with Gasteiger partial charge >= 0.3 is 0 Å². The fourth-order valence-electron chi connectivity index (χ4n) is 1.90. The molecule has 2 fully saturated rings. The van der Waals surface area contributed by atoms with Crippen molar-refractivity contribution in [2.75, 3.05) is 13.2 Å². The predicted molar refractivity (Wildman–Crippen MR) is 56.4 cm³/mol. The summed E-state index contributed by atoms with van der Waals surface area (Å²) in [6.45, 7) is 1.73. The molecule has 2 aliphatic rings. The minimum atomic E-state index is 0.259. The molecular weight excluding hydrogens is 176 g/mol. The second-order valence-electron chi connectivity index (χ2n) is 4.99. The van der Waals surface area contributed by atoms with Crippen molar-refractivity contribution in [2.24, 2.45) is 17.1 Å². The van der Waals surface area contributed by atoms with Gasteiger partial charge in [0.15, 0.2) is 0 Å².